The molecule has 6 nitrogen and oxygen atoms in total. The molecule has 1 aromatic rings. The molecule has 0 bridgehead atoms. The quantitative estimate of drug-likeness (QED) is 0.785. The molecule has 1 heterocycles. The number of amides is 2. The highest BCUT2D eigenvalue weighted by atomic mass is 16.4. The van der Waals surface area contributed by atoms with Gasteiger partial charge in [-0.3, -0.25) is 14.4 Å². The van der Waals surface area contributed by atoms with Gasteiger partial charge in [0.25, 0.3) is 0 Å². The van der Waals surface area contributed by atoms with Gasteiger partial charge in [-0.05, 0) is 55.7 Å². The van der Waals surface area contributed by atoms with Crippen LogP contribution in [0.25, 0.3) is 0 Å². The number of likely N-dealkylation sites (tertiary alicyclic amines) is 1. The van der Waals surface area contributed by atoms with Crippen molar-refractivity contribution >= 4 is 23.5 Å². The molecule has 1 aliphatic heterocycles. The van der Waals surface area contributed by atoms with Crippen molar-refractivity contribution in [2.75, 3.05) is 11.9 Å². The third kappa shape index (κ3) is 4.91. The second-order valence-electron chi connectivity index (χ2n) is 8.49. The molecule has 2 aliphatic rings. The summed E-state index contributed by atoms with van der Waals surface area (Å²) >= 11 is 0. The lowest BCUT2D eigenvalue weighted by Crippen LogP contribution is -2.39. The Morgan fingerprint density at radius 1 is 1.18 bits per heavy atom. The minimum Gasteiger partial charge on any atom is -0.481 e. The number of nitrogens with zero attached hydrogens (tertiary/aromatic N) is 1. The first-order valence-electron chi connectivity index (χ1n) is 10.3. The number of hydrogen-bond acceptors (Lipinski definition) is 3. The van der Waals surface area contributed by atoms with Crippen molar-refractivity contribution in [3.63, 3.8) is 0 Å². The Labute approximate surface area is 166 Å². The molecular weight excluding hydrogens is 356 g/mol. The Kier molecular flexibility index (Phi) is 6.37. The smallest absolute Gasteiger partial charge is 0.306 e. The Balaban J connectivity index is 1.53. The van der Waals surface area contributed by atoms with Crippen molar-refractivity contribution in [1.29, 1.82) is 0 Å². The van der Waals surface area contributed by atoms with E-state index in [0.29, 0.717) is 18.7 Å². The molecule has 6 heteroatoms. The molecule has 2 unspecified atom stereocenters. The number of aliphatic carboxylic acids is 1. The van der Waals surface area contributed by atoms with Crippen molar-refractivity contribution in [3.05, 3.63) is 29.8 Å². The molecule has 2 amide bonds. The lowest BCUT2D eigenvalue weighted by molar-refractivity contribution is -0.141. The van der Waals surface area contributed by atoms with E-state index in [9.17, 15) is 14.4 Å². The fourth-order valence-corrected chi connectivity index (χ4v) is 4.22. The largest absolute Gasteiger partial charge is 0.481 e. The molecule has 1 saturated heterocycles. The van der Waals surface area contributed by atoms with Crippen LogP contribution in [0, 0.1) is 17.8 Å². The van der Waals surface area contributed by atoms with Gasteiger partial charge in [-0.1, -0.05) is 26.0 Å². The van der Waals surface area contributed by atoms with Crippen molar-refractivity contribution < 1.29 is 19.5 Å². The number of nitrogens with one attached hydrogen (secondary N) is 1. The van der Waals surface area contributed by atoms with Gasteiger partial charge in [-0.15, -0.1) is 0 Å². The van der Waals surface area contributed by atoms with E-state index in [1.54, 1.807) is 19.1 Å². The van der Waals surface area contributed by atoms with Crippen LogP contribution in [0.5, 0.6) is 0 Å². The van der Waals surface area contributed by atoms with Crippen LogP contribution < -0.4 is 5.32 Å². The van der Waals surface area contributed by atoms with Gasteiger partial charge in [0.1, 0.15) is 0 Å². The van der Waals surface area contributed by atoms with Gasteiger partial charge >= 0.3 is 5.97 Å². The second-order valence-corrected chi connectivity index (χ2v) is 8.49. The van der Waals surface area contributed by atoms with E-state index in [0.717, 1.165) is 37.2 Å². The Morgan fingerprint density at radius 2 is 1.82 bits per heavy atom. The summed E-state index contributed by atoms with van der Waals surface area (Å²) in [6.45, 7) is 4.44. The lowest BCUT2D eigenvalue weighted by Gasteiger charge is -2.33. The molecule has 28 heavy (non-hydrogen) atoms. The molecule has 1 aromatic carbocycles. The lowest BCUT2D eigenvalue weighted by atomic mass is 9.87. The molecule has 2 atom stereocenters. The summed E-state index contributed by atoms with van der Waals surface area (Å²) < 4.78 is 0. The van der Waals surface area contributed by atoms with E-state index in [-0.39, 0.29) is 30.2 Å². The maximum Gasteiger partial charge on any atom is 0.306 e. The molecule has 0 aromatic heterocycles. The zero-order valence-corrected chi connectivity index (χ0v) is 16.7. The summed E-state index contributed by atoms with van der Waals surface area (Å²) in [6.07, 6.45) is 5.12. The van der Waals surface area contributed by atoms with Gasteiger partial charge in [0.15, 0.2) is 0 Å². The van der Waals surface area contributed by atoms with E-state index < -0.39 is 11.9 Å². The number of rotatable bonds is 6. The van der Waals surface area contributed by atoms with Crippen LogP contribution in [0.3, 0.4) is 0 Å². The molecule has 152 valence electrons. The van der Waals surface area contributed by atoms with Gasteiger partial charge in [0.05, 0.1) is 11.8 Å². The summed E-state index contributed by atoms with van der Waals surface area (Å²) in [5.74, 6) is -0.864. The van der Waals surface area contributed by atoms with Crippen molar-refractivity contribution in [2.24, 2.45) is 17.8 Å². The summed E-state index contributed by atoms with van der Waals surface area (Å²) in [5.41, 5.74) is 1.59. The normalized spacial score (nSPS) is 26.1. The molecule has 0 radical (unpaired) electrons. The molecule has 3 rings (SSSR count). The average Bonchev–Trinajstić information content (AvgIpc) is 3.05. The topological polar surface area (TPSA) is 86.7 Å². The highest BCUT2D eigenvalue weighted by Gasteiger charge is 2.38. The summed E-state index contributed by atoms with van der Waals surface area (Å²) in [6, 6.07) is 7.55. The molecule has 2 fully saturated rings. The number of benzene rings is 1. The van der Waals surface area contributed by atoms with Gasteiger partial charge in [-0.2, -0.15) is 0 Å². The van der Waals surface area contributed by atoms with E-state index >= 15 is 0 Å². The Bertz CT molecular complexity index is 723. The summed E-state index contributed by atoms with van der Waals surface area (Å²) in [5, 5.41) is 11.9. The third-order valence-electron chi connectivity index (χ3n) is 6.14. The molecule has 2 N–H and O–H groups in total. The second kappa shape index (κ2) is 8.76. The SMILES string of the molecule is CC1CCC(N2CC(C(=O)Nc3ccc(CC(C)C(=O)O)cc3)CC2=O)CC1. The molecule has 1 aliphatic carbocycles. The zero-order valence-electron chi connectivity index (χ0n) is 16.7. The monoisotopic (exact) mass is 386 g/mol. The number of anilines is 1. The van der Waals surface area contributed by atoms with E-state index in [4.69, 9.17) is 5.11 Å². The van der Waals surface area contributed by atoms with E-state index in [2.05, 4.69) is 12.2 Å². The van der Waals surface area contributed by atoms with E-state index in [1.165, 1.54) is 0 Å². The first-order chi connectivity index (χ1) is 13.3. The van der Waals surface area contributed by atoms with Gasteiger partial charge in [0, 0.05) is 24.7 Å². The van der Waals surface area contributed by atoms with Crippen LogP contribution in [0.15, 0.2) is 24.3 Å². The molecule has 1 saturated carbocycles. The number of hydrogen-bond donors (Lipinski definition) is 2. The number of carbonyl (C=O) groups excluding carboxylic acids is 2. The first-order valence-corrected chi connectivity index (χ1v) is 10.3. The predicted molar refractivity (Wildman–Crippen MR) is 107 cm³/mol. The zero-order chi connectivity index (χ0) is 20.3. The van der Waals surface area contributed by atoms with Crippen LogP contribution >= 0.6 is 0 Å². The molecule has 0 spiro atoms. The maximum absolute atomic E-state index is 12.6. The van der Waals surface area contributed by atoms with E-state index in [1.807, 2.05) is 17.0 Å². The number of carboxylic acid groups (broad SMARTS) is 1. The van der Waals surface area contributed by atoms with Crippen LogP contribution in [0.2, 0.25) is 0 Å². The minimum atomic E-state index is -0.819. The predicted octanol–water partition coefficient (Wildman–Crippen LogP) is 3.32. The van der Waals surface area contributed by atoms with Gasteiger partial charge in [0.2, 0.25) is 11.8 Å². The molecular formula is C22H30N2O4. The highest BCUT2D eigenvalue weighted by Crippen LogP contribution is 2.31. The van der Waals surface area contributed by atoms with Crippen LogP contribution in [-0.4, -0.2) is 40.4 Å². The fourth-order valence-electron chi connectivity index (χ4n) is 4.22. The van der Waals surface area contributed by atoms with Gasteiger partial charge in [-0.25, -0.2) is 0 Å². The number of carbonyl (C=O) groups is 3. The van der Waals surface area contributed by atoms with Crippen molar-refractivity contribution in [3.8, 4) is 0 Å². The van der Waals surface area contributed by atoms with Crippen LogP contribution in [-0.2, 0) is 20.8 Å². The summed E-state index contributed by atoms with van der Waals surface area (Å²) in [4.78, 5) is 37.9. The number of carboxylic acids is 1. The van der Waals surface area contributed by atoms with Crippen LogP contribution in [0.4, 0.5) is 5.69 Å². The first kappa shape index (κ1) is 20.4. The van der Waals surface area contributed by atoms with Crippen molar-refractivity contribution in [2.45, 2.75) is 58.4 Å². The fraction of sp³-hybridized carbons (Fsp3) is 0.591. The average molecular weight is 386 g/mol. The van der Waals surface area contributed by atoms with Crippen LogP contribution in [0.1, 0.15) is 51.5 Å². The van der Waals surface area contributed by atoms with Gasteiger partial charge < -0.3 is 15.3 Å². The standard InChI is InChI=1S/C22H30N2O4/c1-14-3-9-19(10-4-14)24-13-17(12-20(24)25)21(26)23-18-7-5-16(6-8-18)11-15(2)22(27)28/h5-8,14-15,17,19H,3-4,9-13H2,1-2H3,(H,23,26)(H,27,28). The summed E-state index contributed by atoms with van der Waals surface area (Å²) in [7, 11) is 0. The maximum atomic E-state index is 12.6. The van der Waals surface area contributed by atoms with Crippen molar-refractivity contribution in [1.82, 2.24) is 4.90 Å². The Morgan fingerprint density at radius 3 is 2.43 bits per heavy atom. The third-order valence-corrected chi connectivity index (χ3v) is 6.14. The highest BCUT2D eigenvalue weighted by molar-refractivity contribution is 5.97. The minimum absolute atomic E-state index is 0.0951. The Hall–Kier alpha value is -2.37.